The highest BCUT2D eigenvalue weighted by Crippen LogP contribution is 2.28. The van der Waals surface area contributed by atoms with Crippen LogP contribution in [0.5, 0.6) is 0 Å². The van der Waals surface area contributed by atoms with Crippen molar-refractivity contribution in [2.45, 2.75) is 43.7 Å². The van der Waals surface area contributed by atoms with E-state index in [2.05, 4.69) is 4.98 Å². The van der Waals surface area contributed by atoms with Crippen molar-refractivity contribution in [2.75, 3.05) is 0 Å². The van der Waals surface area contributed by atoms with Crippen molar-refractivity contribution in [3.63, 3.8) is 0 Å². The molecule has 2 unspecified atom stereocenters. The van der Waals surface area contributed by atoms with Crippen LogP contribution < -0.4 is 11.5 Å². The van der Waals surface area contributed by atoms with Crippen LogP contribution in [0.25, 0.3) is 0 Å². The van der Waals surface area contributed by atoms with E-state index in [1.165, 1.54) is 18.4 Å². The molecule has 0 spiro atoms. The molecule has 0 bridgehead atoms. The summed E-state index contributed by atoms with van der Waals surface area (Å²) >= 11 is 0. The molecule has 1 aromatic rings. The maximum Gasteiger partial charge on any atom is 0.0348 e. The Morgan fingerprint density at radius 2 is 2.07 bits per heavy atom. The first-order valence-corrected chi connectivity index (χ1v) is 5.64. The molecule has 2 rings (SSSR count). The zero-order valence-corrected chi connectivity index (χ0v) is 9.02. The Morgan fingerprint density at radius 3 is 2.73 bits per heavy atom. The monoisotopic (exact) mass is 205 g/mol. The third kappa shape index (κ3) is 2.36. The average molecular weight is 205 g/mol. The molecule has 3 nitrogen and oxygen atoms in total. The molecule has 1 aromatic heterocycles. The molecule has 1 fully saturated rings. The van der Waals surface area contributed by atoms with Gasteiger partial charge in [-0.25, -0.2) is 0 Å². The van der Waals surface area contributed by atoms with Gasteiger partial charge in [-0.2, -0.15) is 0 Å². The summed E-state index contributed by atoms with van der Waals surface area (Å²) in [6, 6.07) is 4.19. The van der Waals surface area contributed by atoms with Crippen LogP contribution in [0, 0.1) is 0 Å². The predicted molar refractivity (Wildman–Crippen MR) is 61.3 cm³/mol. The number of hydrogen-bond acceptors (Lipinski definition) is 3. The topological polar surface area (TPSA) is 64.9 Å². The molecule has 0 saturated heterocycles. The first kappa shape index (κ1) is 10.6. The van der Waals surface area contributed by atoms with E-state index in [1.807, 2.05) is 24.5 Å². The third-order valence-corrected chi connectivity index (χ3v) is 3.43. The van der Waals surface area contributed by atoms with Crippen LogP contribution in [0.1, 0.15) is 31.2 Å². The van der Waals surface area contributed by atoms with Crippen LogP contribution in [0.3, 0.4) is 0 Å². The average Bonchev–Trinajstić information content (AvgIpc) is 2.24. The zero-order chi connectivity index (χ0) is 10.7. The molecule has 15 heavy (non-hydrogen) atoms. The van der Waals surface area contributed by atoms with E-state index >= 15 is 0 Å². The number of hydrogen-bond donors (Lipinski definition) is 2. The first-order chi connectivity index (χ1) is 7.21. The molecule has 1 aliphatic carbocycles. The van der Waals surface area contributed by atoms with Crippen LogP contribution in [-0.2, 0) is 6.42 Å². The minimum absolute atomic E-state index is 0.138. The lowest BCUT2D eigenvalue weighted by Crippen LogP contribution is -2.58. The van der Waals surface area contributed by atoms with Crippen molar-refractivity contribution in [1.82, 2.24) is 4.98 Å². The van der Waals surface area contributed by atoms with Gasteiger partial charge in [-0.15, -0.1) is 0 Å². The fraction of sp³-hybridized carbons (Fsp3) is 0.583. The lowest BCUT2D eigenvalue weighted by molar-refractivity contribution is 0.251. The molecule has 1 aliphatic rings. The summed E-state index contributed by atoms with van der Waals surface area (Å²) in [4.78, 5) is 4.01. The quantitative estimate of drug-likeness (QED) is 0.763. The molecule has 0 aliphatic heterocycles. The van der Waals surface area contributed by atoms with Gasteiger partial charge >= 0.3 is 0 Å². The molecule has 0 aromatic carbocycles. The highest BCUT2D eigenvalue weighted by atomic mass is 14.9. The fourth-order valence-corrected chi connectivity index (χ4v) is 2.39. The van der Waals surface area contributed by atoms with Crippen LogP contribution in [0.4, 0.5) is 0 Å². The summed E-state index contributed by atoms with van der Waals surface area (Å²) in [5.74, 6) is 0. The summed E-state index contributed by atoms with van der Waals surface area (Å²) < 4.78 is 0. The Bertz CT molecular complexity index is 312. The molecular weight excluding hydrogens is 186 g/mol. The molecule has 82 valence electrons. The normalized spacial score (nSPS) is 31.5. The van der Waals surface area contributed by atoms with E-state index in [9.17, 15) is 0 Å². The summed E-state index contributed by atoms with van der Waals surface area (Å²) in [7, 11) is 0. The third-order valence-electron chi connectivity index (χ3n) is 3.43. The number of nitrogens with two attached hydrogens (primary N) is 2. The van der Waals surface area contributed by atoms with Crippen molar-refractivity contribution in [3.8, 4) is 0 Å². The maximum absolute atomic E-state index is 6.39. The van der Waals surface area contributed by atoms with E-state index in [0.717, 1.165) is 19.3 Å². The molecule has 3 heteroatoms. The minimum Gasteiger partial charge on any atom is -0.326 e. The van der Waals surface area contributed by atoms with Gasteiger partial charge in [0.25, 0.3) is 0 Å². The van der Waals surface area contributed by atoms with E-state index in [4.69, 9.17) is 11.5 Å². The molecular formula is C12H19N3. The summed E-state index contributed by atoms with van der Waals surface area (Å²) in [5, 5.41) is 0. The fourth-order valence-electron chi connectivity index (χ4n) is 2.39. The molecule has 2 atom stereocenters. The van der Waals surface area contributed by atoms with Gasteiger partial charge < -0.3 is 11.5 Å². The van der Waals surface area contributed by atoms with Crippen molar-refractivity contribution in [1.29, 1.82) is 0 Å². The second-order valence-electron chi connectivity index (χ2n) is 4.62. The van der Waals surface area contributed by atoms with Crippen LogP contribution in [-0.4, -0.2) is 16.6 Å². The van der Waals surface area contributed by atoms with Gasteiger partial charge in [-0.05, 0) is 37.0 Å². The van der Waals surface area contributed by atoms with E-state index < -0.39 is 0 Å². The highest BCUT2D eigenvalue weighted by Gasteiger charge is 2.34. The lowest BCUT2D eigenvalue weighted by atomic mass is 9.75. The maximum atomic E-state index is 6.39. The van der Waals surface area contributed by atoms with E-state index in [1.54, 1.807) is 0 Å². The molecule has 0 amide bonds. The standard InChI is InChI=1S/C12H19N3/c13-11-3-1-2-6-12(11,14)9-10-4-7-15-8-5-10/h4-5,7-8,11H,1-3,6,9,13-14H2. The molecule has 0 radical (unpaired) electrons. The van der Waals surface area contributed by atoms with Crippen molar-refractivity contribution in [3.05, 3.63) is 30.1 Å². The predicted octanol–water partition coefficient (Wildman–Crippen LogP) is 1.22. The Kier molecular flexibility index (Phi) is 3.03. The second kappa shape index (κ2) is 4.29. The van der Waals surface area contributed by atoms with Crippen molar-refractivity contribution >= 4 is 0 Å². The Morgan fingerprint density at radius 1 is 1.33 bits per heavy atom. The van der Waals surface area contributed by atoms with Crippen LogP contribution in [0.2, 0.25) is 0 Å². The van der Waals surface area contributed by atoms with Gasteiger partial charge in [0.05, 0.1) is 0 Å². The number of aromatic nitrogens is 1. The van der Waals surface area contributed by atoms with Gasteiger partial charge in [-0.1, -0.05) is 12.8 Å². The number of pyridine rings is 1. The SMILES string of the molecule is NC1CCCCC1(N)Cc1ccncc1. The van der Waals surface area contributed by atoms with Crippen LogP contribution >= 0.6 is 0 Å². The largest absolute Gasteiger partial charge is 0.326 e. The van der Waals surface area contributed by atoms with E-state index in [-0.39, 0.29) is 11.6 Å². The van der Waals surface area contributed by atoms with Gasteiger partial charge in [0, 0.05) is 24.0 Å². The molecule has 1 heterocycles. The Hall–Kier alpha value is -0.930. The van der Waals surface area contributed by atoms with E-state index in [0.29, 0.717) is 0 Å². The first-order valence-electron chi connectivity index (χ1n) is 5.64. The van der Waals surface area contributed by atoms with Crippen molar-refractivity contribution in [2.24, 2.45) is 11.5 Å². The minimum atomic E-state index is -0.209. The van der Waals surface area contributed by atoms with Gasteiger partial charge in [0.1, 0.15) is 0 Å². The van der Waals surface area contributed by atoms with Gasteiger partial charge in [-0.3, -0.25) is 4.98 Å². The number of rotatable bonds is 2. The zero-order valence-electron chi connectivity index (χ0n) is 9.02. The Labute approximate surface area is 90.9 Å². The van der Waals surface area contributed by atoms with Gasteiger partial charge in [0.15, 0.2) is 0 Å². The molecule has 4 N–H and O–H groups in total. The highest BCUT2D eigenvalue weighted by molar-refractivity contribution is 5.16. The molecule has 1 saturated carbocycles. The number of nitrogens with zero attached hydrogens (tertiary/aromatic N) is 1. The van der Waals surface area contributed by atoms with Crippen molar-refractivity contribution < 1.29 is 0 Å². The second-order valence-corrected chi connectivity index (χ2v) is 4.62. The van der Waals surface area contributed by atoms with Crippen LogP contribution in [0.15, 0.2) is 24.5 Å². The Balaban J connectivity index is 2.09. The lowest BCUT2D eigenvalue weighted by Gasteiger charge is -2.39. The smallest absolute Gasteiger partial charge is 0.0348 e. The summed E-state index contributed by atoms with van der Waals surface area (Å²) in [5.41, 5.74) is 13.5. The summed E-state index contributed by atoms with van der Waals surface area (Å²) in [6.45, 7) is 0. The van der Waals surface area contributed by atoms with Gasteiger partial charge in [0.2, 0.25) is 0 Å². The summed E-state index contributed by atoms with van der Waals surface area (Å²) in [6.07, 6.45) is 9.01.